The Labute approximate surface area is 267 Å². The lowest BCUT2D eigenvalue weighted by molar-refractivity contribution is 1.33. The van der Waals surface area contributed by atoms with Crippen molar-refractivity contribution in [2.45, 2.75) is 7.43 Å². The van der Waals surface area contributed by atoms with Crippen LogP contribution in [0.3, 0.4) is 0 Å². The average Bonchev–Trinajstić information content (AvgIpc) is 3.09. The fraction of sp³-hybridized carbons (Fsp3) is 0.0244. The van der Waals surface area contributed by atoms with E-state index in [0.717, 1.165) is 38.1 Å². The third-order valence-electron chi connectivity index (χ3n) is 7.69. The van der Waals surface area contributed by atoms with Crippen molar-refractivity contribution in [2.75, 3.05) is 0 Å². The number of benzene rings is 5. The molecule has 0 saturated carbocycles. The molecule has 0 spiro atoms. The van der Waals surface area contributed by atoms with Crippen molar-refractivity contribution in [2.24, 2.45) is 0 Å². The molecule has 3 heteroatoms. The van der Waals surface area contributed by atoms with Crippen LogP contribution in [0.5, 0.6) is 0 Å². The Hall–Kier alpha value is -5.12. The van der Waals surface area contributed by atoms with E-state index in [4.69, 9.17) is 0 Å². The monoisotopic (exact) mass is 630 g/mol. The molecule has 212 valence electrons. The van der Waals surface area contributed by atoms with Crippen LogP contribution in [-0.4, -0.2) is 9.97 Å². The number of pyridine rings is 2. The largest absolute Gasteiger partial charge is 0.256 e. The Balaban J connectivity index is 0.00000343. The lowest BCUT2D eigenvalue weighted by atomic mass is 9.90. The molecule has 0 amide bonds. The van der Waals surface area contributed by atoms with E-state index in [-0.39, 0.29) is 7.43 Å². The van der Waals surface area contributed by atoms with E-state index < -0.39 is 0 Å². The van der Waals surface area contributed by atoms with Crippen molar-refractivity contribution in [1.82, 2.24) is 9.97 Å². The maximum atomic E-state index is 4.50. The molecule has 2 heterocycles. The standard InChI is InChI=1S/C40H27BrN2.CH4/c41-34-26-32(37-11-3-1-9-35(37)28-15-19-30(20-16-28)39-13-5-7-23-42-39)25-33(27-34)38-12-4-2-10-36(38)29-17-21-31(22-18-29)40-14-6-8-24-43-40;/h1-27H;1H4. The summed E-state index contributed by atoms with van der Waals surface area (Å²) in [6, 6.07) is 53.3. The molecule has 0 radical (unpaired) electrons. The minimum absolute atomic E-state index is 0. The van der Waals surface area contributed by atoms with Crippen molar-refractivity contribution >= 4 is 15.9 Å². The Morgan fingerprint density at radius 2 is 0.682 bits per heavy atom. The summed E-state index contributed by atoms with van der Waals surface area (Å²) in [5.74, 6) is 0. The van der Waals surface area contributed by atoms with Gasteiger partial charge in [0.2, 0.25) is 0 Å². The van der Waals surface area contributed by atoms with E-state index in [2.05, 4.69) is 141 Å². The highest BCUT2D eigenvalue weighted by molar-refractivity contribution is 9.10. The summed E-state index contributed by atoms with van der Waals surface area (Å²) in [6.45, 7) is 0. The first-order chi connectivity index (χ1) is 21.2. The molecule has 0 saturated heterocycles. The summed E-state index contributed by atoms with van der Waals surface area (Å²) >= 11 is 3.83. The molecular weight excluding hydrogens is 600 g/mol. The number of hydrogen-bond donors (Lipinski definition) is 0. The van der Waals surface area contributed by atoms with Gasteiger partial charge in [0, 0.05) is 28.0 Å². The number of hydrogen-bond acceptors (Lipinski definition) is 2. The van der Waals surface area contributed by atoms with Gasteiger partial charge in [-0.25, -0.2) is 0 Å². The van der Waals surface area contributed by atoms with Crippen molar-refractivity contribution in [3.05, 3.63) is 169 Å². The summed E-state index contributed by atoms with van der Waals surface area (Å²) in [7, 11) is 0. The summed E-state index contributed by atoms with van der Waals surface area (Å²) in [4.78, 5) is 9.01. The Morgan fingerprint density at radius 1 is 0.341 bits per heavy atom. The predicted octanol–water partition coefficient (Wildman–Crippen LogP) is 11.9. The fourth-order valence-corrected chi connectivity index (χ4v) is 6.08. The molecule has 2 aromatic heterocycles. The van der Waals surface area contributed by atoms with Gasteiger partial charge in [0.15, 0.2) is 0 Å². The summed E-state index contributed by atoms with van der Waals surface area (Å²) in [6.07, 6.45) is 3.66. The van der Waals surface area contributed by atoms with Gasteiger partial charge in [0.25, 0.3) is 0 Å². The van der Waals surface area contributed by atoms with Crippen LogP contribution in [0.1, 0.15) is 7.43 Å². The van der Waals surface area contributed by atoms with E-state index in [1.165, 1.54) is 33.4 Å². The zero-order chi connectivity index (χ0) is 29.0. The Morgan fingerprint density at radius 3 is 1.05 bits per heavy atom. The average molecular weight is 632 g/mol. The lowest BCUT2D eigenvalue weighted by Gasteiger charge is -2.15. The number of rotatable bonds is 6. The highest BCUT2D eigenvalue weighted by Gasteiger charge is 2.13. The molecule has 0 aliphatic rings. The maximum absolute atomic E-state index is 4.50. The summed E-state index contributed by atoms with van der Waals surface area (Å²) < 4.78 is 1.04. The molecule has 0 unspecified atom stereocenters. The second kappa shape index (κ2) is 13.0. The fourth-order valence-electron chi connectivity index (χ4n) is 5.58. The van der Waals surface area contributed by atoms with Gasteiger partial charge in [-0.3, -0.25) is 9.97 Å². The van der Waals surface area contributed by atoms with Crippen molar-refractivity contribution in [3.8, 4) is 67.0 Å². The number of nitrogens with zero attached hydrogens (tertiary/aromatic N) is 2. The summed E-state index contributed by atoms with van der Waals surface area (Å²) in [5.41, 5.74) is 13.6. The molecule has 0 aliphatic carbocycles. The number of aromatic nitrogens is 2. The minimum atomic E-state index is 0. The van der Waals surface area contributed by atoms with Crippen molar-refractivity contribution < 1.29 is 0 Å². The molecule has 7 rings (SSSR count). The van der Waals surface area contributed by atoms with E-state index >= 15 is 0 Å². The van der Waals surface area contributed by atoms with Gasteiger partial charge in [0.05, 0.1) is 11.4 Å². The van der Waals surface area contributed by atoms with E-state index in [1.807, 2.05) is 48.8 Å². The van der Waals surface area contributed by atoms with E-state index in [1.54, 1.807) is 0 Å². The zero-order valence-electron chi connectivity index (χ0n) is 23.4. The van der Waals surface area contributed by atoms with Crippen molar-refractivity contribution in [3.63, 3.8) is 0 Å². The molecule has 7 aromatic rings. The molecule has 0 bridgehead atoms. The molecule has 2 nitrogen and oxygen atoms in total. The van der Waals surface area contributed by atoms with Gasteiger partial charge in [-0.1, -0.05) is 133 Å². The molecule has 0 atom stereocenters. The molecule has 5 aromatic carbocycles. The maximum Gasteiger partial charge on any atom is 0.0701 e. The van der Waals surface area contributed by atoms with Crippen molar-refractivity contribution in [1.29, 1.82) is 0 Å². The van der Waals surface area contributed by atoms with Crippen LogP contribution >= 0.6 is 15.9 Å². The zero-order valence-corrected chi connectivity index (χ0v) is 24.9. The molecular formula is C41H31BrN2. The van der Waals surface area contributed by atoms with Crippen LogP contribution in [0.2, 0.25) is 0 Å². The smallest absolute Gasteiger partial charge is 0.0701 e. The third-order valence-corrected chi connectivity index (χ3v) is 8.14. The molecule has 0 aliphatic heterocycles. The quantitative estimate of drug-likeness (QED) is 0.183. The first-order valence-electron chi connectivity index (χ1n) is 14.3. The lowest BCUT2D eigenvalue weighted by Crippen LogP contribution is -1.90. The molecule has 0 fully saturated rings. The van der Waals surface area contributed by atoms with Crippen LogP contribution in [0.25, 0.3) is 67.0 Å². The Bertz CT molecular complexity index is 1860. The van der Waals surface area contributed by atoms with Gasteiger partial charge >= 0.3 is 0 Å². The van der Waals surface area contributed by atoms with Crippen LogP contribution < -0.4 is 0 Å². The second-order valence-corrected chi connectivity index (χ2v) is 11.3. The van der Waals surface area contributed by atoms with Crippen LogP contribution in [0.4, 0.5) is 0 Å². The van der Waals surface area contributed by atoms with E-state index in [0.29, 0.717) is 0 Å². The van der Waals surface area contributed by atoms with Gasteiger partial charge in [0.1, 0.15) is 0 Å². The Kier molecular flexibility index (Phi) is 8.58. The van der Waals surface area contributed by atoms with Gasteiger partial charge in [-0.05, 0) is 87.0 Å². The third kappa shape index (κ3) is 6.01. The van der Waals surface area contributed by atoms with Crippen LogP contribution in [-0.2, 0) is 0 Å². The highest BCUT2D eigenvalue weighted by Crippen LogP contribution is 2.39. The highest BCUT2D eigenvalue weighted by atomic mass is 79.9. The second-order valence-electron chi connectivity index (χ2n) is 10.4. The van der Waals surface area contributed by atoms with Gasteiger partial charge < -0.3 is 0 Å². The van der Waals surface area contributed by atoms with E-state index in [9.17, 15) is 0 Å². The molecule has 44 heavy (non-hydrogen) atoms. The first-order valence-corrected chi connectivity index (χ1v) is 15.1. The molecule has 0 N–H and O–H groups in total. The van der Waals surface area contributed by atoms with Gasteiger partial charge in [-0.2, -0.15) is 0 Å². The van der Waals surface area contributed by atoms with Gasteiger partial charge in [-0.15, -0.1) is 0 Å². The normalized spacial score (nSPS) is 10.7. The first kappa shape index (κ1) is 29.0. The topological polar surface area (TPSA) is 25.8 Å². The predicted molar refractivity (Wildman–Crippen MR) is 189 cm³/mol. The summed E-state index contributed by atoms with van der Waals surface area (Å²) in [5, 5.41) is 0. The SMILES string of the molecule is Brc1cc(-c2ccccc2-c2ccc(-c3ccccn3)cc2)cc(-c2ccccc2-c2ccc(-c3ccccn3)cc2)c1.C. The van der Waals surface area contributed by atoms with Crippen LogP contribution in [0, 0.1) is 0 Å². The minimum Gasteiger partial charge on any atom is -0.256 e. The number of halogens is 1. The van der Waals surface area contributed by atoms with Crippen LogP contribution in [0.15, 0.2) is 169 Å².